The van der Waals surface area contributed by atoms with Crippen molar-refractivity contribution in [2.75, 3.05) is 67.1 Å². The van der Waals surface area contributed by atoms with E-state index in [9.17, 15) is 28.8 Å². The van der Waals surface area contributed by atoms with E-state index < -0.39 is 46.6 Å². The van der Waals surface area contributed by atoms with E-state index in [1.54, 1.807) is 0 Å². The molecule has 0 N–H and O–H groups in total. The van der Waals surface area contributed by atoms with Crippen molar-refractivity contribution in [2.24, 2.45) is 10.8 Å². The van der Waals surface area contributed by atoms with Crippen molar-refractivity contribution in [3.63, 3.8) is 0 Å². The van der Waals surface area contributed by atoms with Crippen molar-refractivity contribution in [3.05, 3.63) is 48.6 Å². The highest BCUT2D eigenvalue weighted by atomic mass is 16.6. The second-order valence-electron chi connectivity index (χ2n) is 14.6. The van der Waals surface area contributed by atoms with Crippen molar-refractivity contribution in [1.29, 1.82) is 0 Å². The van der Waals surface area contributed by atoms with Gasteiger partial charge in [-0.2, -0.15) is 0 Å². The van der Waals surface area contributed by atoms with Gasteiger partial charge in [-0.3, -0.25) is 9.59 Å². The largest absolute Gasteiger partial charge is 0.465 e. The number of ether oxygens (including phenoxy) is 8. The van der Waals surface area contributed by atoms with Gasteiger partial charge in [0.05, 0.1) is 24.0 Å². The summed E-state index contributed by atoms with van der Waals surface area (Å²) in [5, 5.41) is 0. The first-order valence-electron chi connectivity index (χ1n) is 19.0. The van der Waals surface area contributed by atoms with Crippen LogP contribution in [0.4, 0.5) is 0 Å². The van der Waals surface area contributed by atoms with Crippen LogP contribution < -0.4 is 0 Å². The molecule has 0 aromatic carbocycles. The van der Waals surface area contributed by atoms with Crippen LogP contribution in [0.3, 0.4) is 0 Å². The zero-order valence-corrected chi connectivity index (χ0v) is 34.7. The minimum absolute atomic E-state index is 0.00516. The van der Waals surface area contributed by atoms with E-state index >= 15 is 0 Å². The van der Waals surface area contributed by atoms with Crippen LogP contribution in [0.2, 0.25) is 0 Å². The van der Waals surface area contributed by atoms with Crippen molar-refractivity contribution >= 4 is 35.8 Å². The number of rotatable bonds is 33. The van der Waals surface area contributed by atoms with Gasteiger partial charge in [0.2, 0.25) is 0 Å². The first kappa shape index (κ1) is 51.7. The Labute approximate surface area is 333 Å². The summed E-state index contributed by atoms with van der Waals surface area (Å²) in [6.07, 6.45) is 9.64. The highest BCUT2D eigenvalue weighted by molar-refractivity contribution is 5.88. The second-order valence-corrected chi connectivity index (χ2v) is 14.6. The predicted molar refractivity (Wildman–Crippen MR) is 209 cm³/mol. The predicted octanol–water partition coefficient (Wildman–Crippen LogP) is 6.50. The standard InChI is InChI=1S/C42H66O14/c1-31(2)37(45)53-27-41(23-49-9,28-54-38(46)32(3)4)25-51-35(43)21-19-17-15-13-11-12-14-16-18-20-22-36(44)52-26-42(24-50-10,29-55-39(47)33(5)6)30-56-40(48)34(7)8/h1,3,5,7,11-30H2,2,4,6,8-10H3. The van der Waals surface area contributed by atoms with E-state index in [-0.39, 0.29) is 88.0 Å². The Morgan fingerprint density at radius 2 is 0.571 bits per heavy atom. The maximum atomic E-state index is 12.6. The molecule has 0 unspecified atom stereocenters. The maximum absolute atomic E-state index is 12.6. The lowest BCUT2D eigenvalue weighted by molar-refractivity contribution is -0.165. The van der Waals surface area contributed by atoms with Crippen LogP contribution in [0, 0.1) is 10.8 Å². The van der Waals surface area contributed by atoms with Gasteiger partial charge in [-0.25, -0.2) is 19.2 Å². The van der Waals surface area contributed by atoms with Gasteiger partial charge in [0.25, 0.3) is 0 Å². The van der Waals surface area contributed by atoms with Crippen molar-refractivity contribution in [3.8, 4) is 0 Å². The van der Waals surface area contributed by atoms with Gasteiger partial charge in [-0.1, -0.05) is 77.7 Å². The lowest BCUT2D eigenvalue weighted by Gasteiger charge is -2.31. The lowest BCUT2D eigenvalue weighted by atomic mass is 9.92. The van der Waals surface area contributed by atoms with Gasteiger partial charge in [0.1, 0.15) is 39.6 Å². The number of hydrogen-bond donors (Lipinski definition) is 0. The minimum atomic E-state index is -1.10. The summed E-state index contributed by atoms with van der Waals surface area (Å²) in [7, 11) is 2.89. The molecule has 0 heterocycles. The third-order valence-electron chi connectivity index (χ3n) is 8.42. The van der Waals surface area contributed by atoms with Gasteiger partial charge < -0.3 is 37.9 Å². The smallest absolute Gasteiger partial charge is 0.333 e. The number of methoxy groups -OCH3 is 2. The van der Waals surface area contributed by atoms with Crippen LogP contribution >= 0.6 is 0 Å². The molecule has 0 aliphatic rings. The summed E-state index contributed by atoms with van der Waals surface area (Å²) < 4.78 is 42.9. The number of hydrogen-bond acceptors (Lipinski definition) is 14. The molecule has 0 rings (SSSR count). The van der Waals surface area contributed by atoms with Crippen molar-refractivity contribution < 1.29 is 66.7 Å². The molecule has 0 fully saturated rings. The molecule has 0 saturated heterocycles. The van der Waals surface area contributed by atoms with Gasteiger partial charge in [0.15, 0.2) is 0 Å². The molecular formula is C42H66O14. The quantitative estimate of drug-likeness (QED) is 0.0305. The van der Waals surface area contributed by atoms with E-state index in [1.807, 2.05) is 0 Å². The molecule has 0 atom stereocenters. The Kier molecular flexibility index (Phi) is 26.8. The van der Waals surface area contributed by atoms with Crippen molar-refractivity contribution in [1.82, 2.24) is 0 Å². The maximum Gasteiger partial charge on any atom is 0.333 e. The molecule has 0 aliphatic carbocycles. The Bertz CT molecular complexity index is 1170. The fourth-order valence-corrected chi connectivity index (χ4v) is 5.04. The van der Waals surface area contributed by atoms with Crippen LogP contribution in [0.1, 0.15) is 105 Å². The molecule has 56 heavy (non-hydrogen) atoms. The SMILES string of the molecule is C=C(C)C(=O)OCC(COC)(COC(=O)CCCCCCCCCCCCC(=O)OCC(COC)(COC(=O)C(=C)C)COC(=O)C(=C)C)COC(=O)C(=C)C. The van der Waals surface area contributed by atoms with E-state index in [4.69, 9.17) is 37.9 Å². The molecule has 14 nitrogen and oxygen atoms in total. The monoisotopic (exact) mass is 794 g/mol. The third-order valence-corrected chi connectivity index (χ3v) is 8.42. The van der Waals surface area contributed by atoms with Crippen molar-refractivity contribution in [2.45, 2.75) is 105 Å². The summed E-state index contributed by atoms with van der Waals surface area (Å²) in [5.74, 6) is -3.30. The third kappa shape index (κ3) is 23.6. The molecule has 0 amide bonds. The molecule has 0 aliphatic heterocycles. The van der Waals surface area contributed by atoms with Crippen LogP contribution in [0.25, 0.3) is 0 Å². The Hall–Kier alpha value is -4.30. The molecule has 318 valence electrons. The van der Waals surface area contributed by atoms with E-state index in [2.05, 4.69) is 26.3 Å². The first-order valence-corrected chi connectivity index (χ1v) is 19.0. The van der Waals surface area contributed by atoms with E-state index in [0.29, 0.717) is 12.8 Å². The zero-order chi connectivity index (χ0) is 42.6. The number of unbranched alkanes of at least 4 members (excludes halogenated alkanes) is 9. The molecule has 0 radical (unpaired) electrons. The van der Waals surface area contributed by atoms with Gasteiger partial charge in [-0.05, 0) is 40.5 Å². The number of carbonyl (C=O) groups excluding carboxylic acids is 6. The van der Waals surface area contributed by atoms with Crippen LogP contribution in [0.5, 0.6) is 0 Å². The second kappa shape index (κ2) is 29.0. The Balaban J connectivity index is 4.51. The fourth-order valence-electron chi connectivity index (χ4n) is 5.04. The molecule has 14 heteroatoms. The van der Waals surface area contributed by atoms with E-state index in [0.717, 1.165) is 51.4 Å². The van der Waals surface area contributed by atoms with E-state index in [1.165, 1.54) is 41.9 Å². The lowest BCUT2D eigenvalue weighted by Crippen LogP contribution is -2.43. The molecule has 0 bridgehead atoms. The fraction of sp³-hybridized carbons (Fsp3) is 0.667. The minimum Gasteiger partial charge on any atom is -0.465 e. The average molecular weight is 795 g/mol. The topological polar surface area (TPSA) is 176 Å². The van der Waals surface area contributed by atoms with Crippen LogP contribution in [-0.2, 0) is 66.7 Å². The normalized spacial score (nSPS) is 11.2. The highest BCUT2D eigenvalue weighted by Gasteiger charge is 2.37. The molecule has 0 spiro atoms. The summed E-state index contributed by atoms with van der Waals surface area (Å²) in [4.78, 5) is 73.3. The summed E-state index contributed by atoms with van der Waals surface area (Å²) in [6, 6.07) is 0. The van der Waals surface area contributed by atoms with Gasteiger partial charge >= 0.3 is 35.8 Å². The molecule has 0 aromatic heterocycles. The Morgan fingerprint density at radius 3 is 0.786 bits per heavy atom. The Morgan fingerprint density at radius 1 is 0.357 bits per heavy atom. The van der Waals surface area contributed by atoms with Crippen LogP contribution in [0.15, 0.2) is 48.6 Å². The van der Waals surface area contributed by atoms with Gasteiger partial charge in [0, 0.05) is 49.4 Å². The first-order chi connectivity index (χ1) is 26.4. The summed E-state index contributed by atoms with van der Waals surface area (Å²) in [6.45, 7) is 19.1. The van der Waals surface area contributed by atoms with Gasteiger partial charge in [-0.15, -0.1) is 0 Å². The highest BCUT2D eigenvalue weighted by Crippen LogP contribution is 2.24. The molecule has 0 saturated carbocycles. The molecule has 0 aromatic rings. The number of esters is 6. The summed E-state index contributed by atoms with van der Waals surface area (Å²) >= 11 is 0. The molecular weight excluding hydrogens is 728 g/mol. The number of carbonyl (C=O) groups is 6. The zero-order valence-electron chi connectivity index (χ0n) is 34.7. The average Bonchev–Trinajstić information content (AvgIpc) is 3.15. The summed E-state index contributed by atoms with van der Waals surface area (Å²) in [5.41, 5.74) is -1.40. The van der Waals surface area contributed by atoms with Crippen LogP contribution in [-0.4, -0.2) is 103 Å².